The van der Waals surface area contributed by atoms with Gasteiger partial charge in [-0.05, 0) is 53.2 Å². The highest BCUT2D eigenvalue weighted by atomic mass is 79.9. The van der Waals surface area contributed by atoms with Gasteiger partial charge in [0.15, 0.2) is 5.78 Å². The SMILES string of the molecule is CC(=O)c1ccc(Oc2cccc([N+](=O)[O-])c2Br)cc1. The predicted molar refractivity (Wildman–Crippen MR) is 77.3 cm³/mol. The van der Waals surface area contributed by atoms with Gasteiger partial charge in [0.2, 0.25) is 0 Å². The fourth-order valence-electron chi connectivity index (χ4n) is 1.60. The number of ketones is 1. The summed E-state index contributed by atoms with van der Waals surface area (Å²) in [6, 6.07) is 11.1. The van der Waals surface area contributed by atoms with Crippen LogP contribution in [-0.2, 0) is 0 Å². The molecule has 0 aliphatic carbocycles. The van der Waals surface area contributed by atoms with Crippen molar-refractivity contribution >= 4 is 27.4 Å². The first-order valence-corrected chi connectivity index (χ1v) is 6.50. The van der Waals surface area contributed by atoms with Crippen LogP contribution >= 0.6 is 15.9 Å². The molecule has 5 nitrogen and oxygen atoms in total. The number of carbonyl (C=O) groups is 1. The lowest BCUT2D eigenvalue weighted by molar-refractivity contribution is -0.385. The zero-order chi connectivity index (χ0) is 14.7. The van der Waals surface area contributed by atoms with Crippen LogP contribution in [0.3, 0.4) is 0 Å². The number of rotatable bonds is 4. The molecule has 2 rings (SSSR count). The van der Waals surface area contributed by atoms with Crippen molar-refractivity contribution in [3.8, 4) is 11.5 Å². The van der Waals surface area contributed by atoms with Gasteiger partial charge in [-0.1, -0.05) is 6.07 Å². The summed E-state index contributed by atoms with van der Waals surface area (Å²) in [5.41, 5.74) is 0.512. The van der Waals surface area contributed by atoms with Gasteiger partial charge in [-0.3, -0.25) is 14.9 Å². The van der Waals surface area contributed by atoms with E-state index in [9.17, 15) is 14.9 Å². The van der Waals surface area contributed by atoms with E-state index in [2.05, 4.69) is 15.9 Å². The van der Waals surface area contributed by atoms with Crippen molar-refractivity contribution < 1.29 is 14.5 Å². The smallest absolute Gasteiger partial charge is 0.287 e. The number of ether oxygens (including phenoxy) is 1. The fraction of sp³-hybridized carbons (Fsp3) is 0.0714. The maximum absolute atomic E-state index is 11.2. The minimum atomic E-state index is -0.490. The summed E-state index contributed by atoms with van der Waals surface area (Å²) in [6.07, 6.45) is 0. The second-order valence-electron chi connectivity index (χ2n) is 4.03. The average molecular weight is 336 g/mol. The number of nitro benzene ring substituents is 1. The lowest BCUT2D eigenvalue weighted by Crippen LogP contribution is -1.93. The number of carbonyl (C=O) groups excluding carboxylic acids is 1. The average Bonchev–Trinajstić information content (AvgIpc) is 2.41. The molecule has 2 aromatic carbocycles. The zero-order valence-corrected chi connectivity index (χ0v) is 12.1. The van der Waals surface area contributed by atoms with E-state index < -0.39 is 4.92 Å². The second kappa shape index (κ2) is 5.83. The molecule has 0 unspecified atom stereocenters. The molecule has 0 N–H and O–H groups in total. The number of Topliss-reactive ketones (excluding diaryl/α,β-unsaturated/α-hetero) is 1. The highest BCUT2D eigenvalue weighted by Gasteiger charge is 2.16. The molecule has 0 aromatic heterocycles. The van der Waals surface area contributed by atoms with E-state index in [-0.39, 0.29) is 15.9 Å². The Hall–Kier alpha value is -2.21. The van der Waals surface area contributed by atoms with Crippen LogP contribution in [0.1, 0.15) is 17.3 Å². The van der Waals surface area contributed by atoms with E-state index >= 15 is 0 Å². The second-order valence-corrected chi connectivity index (χ2v) is 4.82. The minimum Gasteiger partial charge on any atom is -0.456 e. The molecule has 20 heavy (non-hydrogen) atoms. The summed E-state index contributed by atoms with van der Waals surface area (Å²) in [5.74, 6) is 0.805. The fourth-order valence-corrected chi connectivity index (χ4v) is 2.09. The van der Waals surface area contributed by atoms with Gasteiger partial charge in [0.05, 0.1) is 4.92 Å². The molecule has 0 atom stereocenters. The summed E-state index contributed by atoms with van der Waals surface area (Å²) >= 11 is 3.16. The number of benzene rings is 2. The van der Waals surface area contributed by atoms with Gasteiger partial charge in [0.1, 0.15) is 16.0 Å². The van der Waals surface area contributed by atoms with Crippen molar-refractivity contribution in [2.45, 2.75) is 6.92 Å². The standard InChI is InChI=1S/C14H10BrNO4/c1-9(17)10-5-7-11(8-6-10)20-13-4-2-3-12(14(13)15)16(18)19/h2-8H,1H3. The van der Waals surface area contributed by atoms with Crippen LogP contribution in [0.15, 0.2) is 46.9 Å². The molecule has 0 fully saturated rings. The van der Waals surface area contributed by atoms with E-state index in [1.807, 2.05) is 0 Å². The summed E-state index contributed by atoms with van der Waals surface area (Å²) in [6.45, 7) is 1.48. The molecule has 0 radical (unpaired) electrons. The van der Waals surface area contributed by atoms with Crippen molar-refractivity contribution in [2.24, 2.45) is 0 Å². The van der Waals surface area contributed by atoms with Crippen molar-refractivity contribution in [3.05, 3.63) is 62.6 Å². The maximum Gasteiger partial charge on any atom is 0.287 e. The molecule has 0 heterocycles. The van der Waals surface area contributed by atoms with Crippen molar-refractivity contribution in [1.29, 1.82) is 0 Å². The van der Waals surface area contributed by atoms with Crippen LogP contribution in [0.4, 0.5) is 5.69 Å². The first-order chi connectivity index (χ1) is 9.49. The van der Waals surface area contributed by atoms with Gasteiger partial charge in [0, 0.05) is 11.6 Å². The Morgan fingerprint density at radius 2 is 1.85 bits per heavy atom. The van der Waals surface area contributed by atoms with Gasteiger partial charge in [0.25, 0.3) is 5.69 Å². The lowest BCUT2D eigenvalue weighted by atomic mass is 10.1. The molecule has 0 bridgehead atoms. The lowest BCUT2D eigenvalue weighted by Gasteiger charge is -2.08. The first-order valence-electron chi connectivity index (χ1n) is 5.71. The van der Waals surface area contributed by atoms with E-state index in [0.717, 1.165) is 0 Å². The van der Waals surface area contributed by atoms with Crippen LogP contribution in [0.5, 0.6) is 11.5 Å². The highest BCUT2D eigenvalue weighted by molar-refractivity contribution is 9.10. The Morgan fingerprint density at radius 1 is 1.20 bits per heavy atom. The summed E-state index contributed by atoms with van der Waals surface area (Å²) in [7, 11) is 0. The molecule has 0 spiro atoms. The number of nitrogens with zero attached hydrogens (tertiary/aromatic N) is 1. The number of halogens is 1. The van der Waals surface area contributed by atoms with Gasteiger partial charge in [-0.25, -0.2) is 0 Å². The first kappa shape index (κ1) is 14.2. The van der Waals surface area contributed by atoms with E-state index in [1.54, 1.807) is 36.4 Å². The van der Waals surface area contributed by atoms with Gasteiger partial charge in [-0.15, -0.1) is 0 Å². The normalized spacial score (nSPS) is 10.1. The number of nitro groups is 1. The van der Waals surface area contributed by atoms with Crippen molar-refractivity contribution in [1.82, 2.24) is 0 Å². The Bertz CT molecular complexity index is 667. The van der Waals surface area contributed by atoms with E-state index in [4.69, 9.17) is 4.74 Å². The third-order valence-electron chi connectivity index (χ3n) is 2.63. The molecule has 0 aliphatic heterocycles. The third kappa shape index (κ3) is 3.03. The van der Waals surface area contributed by atoms with Crippen LogP contribution in [0.2, 0.25) is 0 Å². The minimum absolute atomic E-state index is 0.0342. The zero-order valence-electron chi connectivity index (χ0n) is 10.5. The molecule has 0 saturated heterocycles. The van der Waals surface area contributed by atoms with Gasteiger partial charge < -0.3 is 4.74 Å². The molecule has 0 saturated carbocycles. The molecular weight excluding hydrogens is 326 g/mol. The molecule has 0 amide bonds. The summed E-state index contributed by atoms with van der Waals surface area (Å²) in [5, 5.41) is 10.8. The molecule has 6 heteroatoms. The van der Waals surface area contributed by atoms with Gasteiger partial charge >= 0.3 is 0 Å². The summed E-state index contributed by atoms with van der Waals surface area (Å²) < 4.78 is 5.85. The highest BCUT2D eigenvalue weighted by Crippen LogP contribution is 2.36. The van der Waals surface area contributed by atoms with Crippen LogP contribution in [0, 0.1) is 10.1 Å². The maximum atomic E-state index is 11.2. The quantitative estimate of drug-likeness (QED) is 0.473. The van der Waals surface area contributed by atoms with E-state index in [1.165, 1.54) is 13.0 Å². The van der Waals surface area contributed by atoms with Gasteiger partial charge in [-0.2, -0.15) is 0 Å². The Morgan fingerprint density at radius 3 is 2.40 bits per heavy atom. The third-order valence-corrected chi connectivity index (χ3v) is 3.43. The van der Waals surface area contributed by atoms with Crippen LogP contribution < -0.4 is 4.74 Å². The van der Waals surface area contributed by atoms with E-state index in [0.29, 0.717) is 17.1 Å². The topological polar surface area (TPSA) is 69.4 Å². The number of hydrogen-bond acceptors (Lipinski definition) is 4. The molecular formula is C14H10BrNO4. The molecule has 102 valence electrons. The molecule has 0 aliphatic rings. The molecule has 2 aromatic rings. The monoisotopic (exact) mass is 335 g/mol. The van der Waals surface area contributed by atoms with Crippen LogP contribution in [-0.4, -0.2) is 10.7 Å². The Labute approximate surface area is 123 Å². The largest absolute Gasteiger partial charge is 0.456 e. The van der Waals surface area contributed by atoms with Crippen molar-refractivity contribution in [3.63, 3.8) is 0 Å². The number of hydrogen-bond donors (Lipinski definition) is 0. The summed E-state index contributed by atoms with van der Waals surface area (Å²) in [4.78, 5) is 21.5. The Balaban J connectivity index is 2.28. The van der Waals surface area contributed by atoms with Crippen molar-refractivity contribution in [2.75, 3.05) is 0 Å². The van der Waals surface area contributed by atoms with Crippen LogP contribution in [0.25, 0.3) is 0 Å². The Kier molecular flexibility index (Phi) is 4.14. The predicted octanol–water partition coefficient (Wildman–Crippen LogP) is 4.35.